The van der Waals surface area contributed by atoms with Gasteiger partial charge in [-0.3, -0.25) is 4.79 Å². The van der Waals surface area contributed by atoms with Crippen LogP contribution in [0.15, 0.2) is 20.5 Å². The maximum absolute atomic E-state index is 12.4. The van der Waals surface area contributed by atoms with Gasteiger partial charge in [0.15, 0.2) is 0 Å². The fourth-order valence-electron chi connectivity index (χ4n) is 3.17. The van der Waals surface area contributed by atoms with Crippen molar-refractivity contribution in [2.75, 3.05) is 19.7 Å². The number of hydrogen-bond donors (Lipinski definition) is 0. The van der Waals surface area contributed by atoms with E-state index in [4.69, 9.17) is 27.9 Å². The summed E-state index contributed by atoms with van der Waals surface area (Å²) < 4.78 is 5.58. The summed E-state index contributed by atoms with van der Waals surface area (Å²) in [6.07, 6.45) is 0. The number of hydrogen-bond acceptors (Lipinski definition) is 6. The summed E-state index contributed by atoms with van der Waals surface area (Å²) in [5.41, 5.74) is -0.523. The highest BCUT2D eigenvalue weighted by Gasteiger charge is 2.79. The molecular formula is C9H8Cl2N4O2. The Hall–Kier alpha value is -0.590. The van der Waals surface area contributed by atoms with Gasteiger partial charge in [0.1, 0.15) is 5.60 Å². The van der Waals surface area contributed by atoms with Gasteiger partial charge >= 0.3 is 0 Å². The summed E-state index contributed by atoms with van der Waals surface area (Å²) in [5, 5.41) is 15.6. The maximum atomic E-state index is 12.4. The number of ether oxygens (including phenoxy) is 1. The fraction of sp³-hybridized carbons (Fsp3) is 0.889. The van der Waals surface area contributed by atoms with E-state index in [1.807, 2.05) is 0 Å². The molecule has 0 aromatic heterocycles. The molecule has 1 saturated carbocycles. The van der Waals surface area contributed by atoms with Crippen LogP contribution in [0.5, 0.6) is 0 Å². The predicted octanol–water partition coefficient (Wildman–Crippen LogP) is 1.37. The molecule has 4 rings (SSSR count). The summed E-state index contributed by atoms with van der Waals surface area (Å²) >= 11 is 12.7. The Morgan fingerprint density at radius 1 is 1.12 bits per heavy atom. The third-order valence-corrected chi connectivity index (χ3v) is 5.20. The number of fused-ring (bicyclic) bond motifs is 4. The molecule has 1 aliphatic carbocycles. The van der Waals surface area contributed by atoms with E-state index in [1.165, 1.54) is 0 Å². The molecule has 0 amide bonds. The van der Waals surface area contributed by atoms with E-state index < -0.39 is 21.4 Å². The van der Waals surface area contributed by atoms with Crippen LogP contribution in [0, 0.1) is 11.8 Å². The second kappa shape index (κ2) is 2.70. The number of rotatable bonds is 0. The van der Waals surface area contributed by atoms with E-state index in [1.54, 1.807) is 0 Å². The molecule has 1 saturated heterocycles. The third kappa shape index (κ3) is 0.936. The molecule has 0 bridgehead atoms. The van der Waals surface area contributed by atoms with Gasteiger partial charge in [-0.25, -0.2) is 0 Å². The number of azo groups is 2. The van der Waals surface area contributed by atoms with Gasteiger partial charge in [0, 0.05) is 0 Å². The topological polar surface area (TPSA) is 79.0 Å². The summed E-state index contributed by atoms with van der Waals surface area (Å²) in [6.45, 7) is 1.33. The lowest BCUT2D eigenvalue weighted by Crippen LogP contribution is -2.64. The van der Waals surface area contributed by atoms with Crippen LogP contribution in [0.3, 0.4) is 0 Å². The molecule has 0 radical (unpaired) electrons. The van der Waals surface area contributed by atoms with Crippen LogP contribution in [0.1, 0.15) is 0 Å². The lowest BCUT2D eigenvalue weighted by molar-refractivity contribution is -0.131. The first-order valence-corrected chi connectivity index (χ1v) is 6.14. The van der Waals surface area contributed by atoms with E-state index in [9.17, 15) is 4.79 Å². The minimum Gasteiger partial charge on any atom is -0.369 e. The lowest BCUT2D eigenvalue weighted by Gasteiger charge is -2.43. The van der Waals surface area contributed by atoms with Crippen molar-refractivity contribution in [2.45, 2.75) is 15.6 Å². The van der Waals surface area contributed by atoms with Crippen molar-refractivity contribution in [2.24, 2.45) is 32.3 Å². The van der Waals surface area contributed by atoms with Crippen LogP contribution < -0.4 is 0 Å². The first kappa shape index (κ1) is 10.3. The molecule has 2 fully saturated rings. The highest BCUT2D eigenvalue weighted by Crippen LogP contribution is 2.63. The van der Waals surface area contributed by atoms with E-state index in [0.29, 0.717) is 19.7 Å². The highest BCUT2D eigenvalue weighted by molar-refractivity contribution is 6.46. The Morgan fingerprint density at radius 2 is 1.59 bits per heavy atom. The fourth-order valence-corrected chi connectivity index (χ4v) is 4.12. The van der Waals surface area contributed by atoms with E-state index in [0.717, 1.165) is 0 Å². The molecule has 0 N–H and O–H groups in total. The van der Waals surface area contributed by atoms with Crippen LogP contribution in [-0.4, -0.2) is 41.1 Å². The summed E-state index contributed by atoms with van der Waals surface area (Å²) in [6, 6.07) is 0. The Bertz CT molecular complexity index is 453. The number of nitrogens with zero attached hydrogens (tertiary/aromatic N) is 4. The van der Waals surface area contributed by atoms with E-state index >= 15 is 0 Å². The Labute approximate surface area is 106 Å². The second-order valence-corrected chi connectivity index (χ2v) is 6.03. The zero-order valence-corrected chi connectivity index (χ0v) is 10.1. The Balaban J connectivity index is 1.92. The molecule has 5 atom stereocenters. The zero-order valence-electron chi connectivity index (χ0n) is 8.64. The van der Waals surface area contributed by atoms with Gasteiger partial charge in [0.2, 0.25) is 15.8 Å². The summed E-state index contributed by atoms with van der Waals surface area (Å²) in [5.74, 6) is -0.902. The molecule has 1 unspecified atom stereocenters. The Kier molecular flexibility index (Phi) is 1.64. The molecular weight excluding hydrogens is 267 g/mol. The van der Waals surface area contributed by atoms with Crippen molar-refractivity contribution in [3.63, 3.8) is 0 Å². The standard InChI is InChI=1S/C9H8Cl2N4O2/c10-8-4(1-12-14-8)7(3-17-7)5-2-13-15-9(5,11)6(8)16/h4-5H,1-3H2/t4-,5+,7?,8-,9+. The minimum absolute atomic E-state index is 0.246. The molecule has 3 heterocycles. The normalized spacial score (nSPS) is 58.6. The van der Waals surface area contributed by atoms with Crippen LogP contribution in [0.4, 0.5) is 0 Å². The Morgan fingerprint density at radius 3 is 2.00 bits per heavy atom. The number of Topliss-reactive ketones (excluding diaryl/α,β-unsaturated/α-hetero) is 1. The number of epoxide rings is 1. The van der Waals surface area contributed by atoms with Gasteiger partial charge in [0.25, 0.3) is 0 Å². The third-order valence-electron chi connectivity index (χ3n) is 4.18. The van der Waals surface area contributed by atoms with Crippen molar-refractivity contribution < 1.29 is 9.53 Å². The quantitative estimate of drug-likeness (QED) is 0.380. The second-order valence-electron chi connectivity index (χ2n) is 4.87. The largest absolute Gasteiger partial charge is 0.369 e. The molecule has 90 valence electrons. The van der Waals surface area contributed by atoms with Crippen molar-refractivity contribution in [3.8, 4) is 0 Å². The van der Waals surface area contributed by atoms with Crippen molar-refractivity contribution >= 4 is 29.0 Å². The van der Waals surface area contributed by atoms with Gasteiger partial charge in [-0.2, -0.15) is 20.5 Å². The molecule has 1 spiro atoms. The smallest absolute Gasteiger partial charge is 0.223 e. The average Bonchev–Trinajstić information content (AvgIpc) is 2.81. The predicted molar refractivity (Wildman–Crippen MR) is 57.3 cm³/mol. The van der Waals surface area contributed by atoms with Gasteiger partial charge in [-0.05, 0) is 0 Å². The van der Waals surface area contributed by atoms with Crippen LogP contribution >= 0.6 is 23.2 Å². The van der Waals surface area contributed by atoms with E-state index in [2.05, 4.69) is 20.5 Å². The number of carbonyl (C=O) groups excluding carboxylic acids is 1. The average molecular weight is 275 g/mol. The van der Waals surface area contributed by atoms with Crippen LogP contribution in [0.2, 0.25) is 0 Å². The molecule has 4 aliphatic rings. The molecule has 0 aromatic rings. The highest BCUT2D eigenvalue weighted by atomic mass is 35.5. The van der Waals surface area contributed by atoms with Gasteiger partial charge in [-0.15, -0.1) is 0 Å². The lowest BCUT2D eigenvalue weighted by atomic mass is 9.66. The summed E-state index contributed by atoms with van der Waals surface area (Å²) in [4.78, 5) is 9.58. The number of halogens is 2. The monoisotopic (exact) mass is 274 g/mol. The SMILES string of the molecule is O=C1[C@]2(Cl)N=NC[C@@H]2C2(CO2)[C@@H]2CN=N[C@]12Cl. The molecule has 17 heavy (non-hydrogen) atoms. The molecule has 8 heteroatoms. The molecule has 6 nitrogen and oxygen atoms in total. The number of ketones is 1. The number of alkyl halides is 2. The zero-order chi connectivity index (χ0) is 11.9. The molecule has 3 aliphatic heterocycles. The number of carbonyl (C=O) groups is 1. The molecule has 0 aromatic carbocycles. The minimum atomic E-state index is -1.42. The van der Waals surface area contributed by atoms with Gasteiger partial charge < -0.3 is 4.74 Å². The van der Waals surface area contributed by atoms with Gasteiger partial charge in [0.05, 0.1) is 31.5 Å². The van der Waals surface area contributed by atoms with Crippen LogP contribution in [0.25, 0.3) is 0 Å². The van der Waals surface area contributed by atoms with Crippen molar-refractivity contribution in [3.05, 3.63) is 0 Å². The maximum Gasteiger partial charge on any atom is 0.223 e. The first-order chi connectivity index (χ1) is 8.04. The summed E-state index contributed by atoms with van der Waals surface area (Å²) in [7, 11) is 0. The van der Waals surface area contributed by atoms with E-state index in [-0.39, 0.29) is 11.8 Å². The van der Waals surface area contributed by atoms with Crippen LogP contribution in [-0.2, 0) is 9.53 Å². The van der Waals surface area contributed by atoms with Crippen molar-refractivity contribution in [1.82, 2.24) is 0 Å². The first-order valence-electron chi connectivity index (χ1n) is 5.38. The van der Waals surface area contributed by atoms with Gasteiger partial charge in [-0.1, -0.05) is 23.2 Å². The van der Waals surface area contributed by atoms with Crippen molar-refractivity contribution in [1.29, 1.82) is 0 Å².